The van der Waals surface area contributed by atoms with Crippen molar-refractivity contribution in [1.82, 2.24) is 4.90 Å². The number of benzene rings is 3. The Kier molecular flexibility index (Phi) is 3.89. The highest BCUT2D eigenvalue weighted by Crippen LogP contribution is 2.28. The first-order chi connectivity index (χ1) is 12.6. The van der Waals surface area contributed by atoms with Gasteiger partial charge in [0.1, 0.15) is 5.75 Å². The van der Waals surface area contributed by atoms with Crippen molar-refractivity contribution in [3.63, 3.8) is 0 Å². The highest BCUT2D eigenvalue weighted by Gasteiger charge is 2.35. The van der Waals surface area contributed by atoms with E-state index in [9.17, 15) is 14.7 Å². The zero-order valence-electron chi connectivity index (χ0n) is 13.8. The fourth-order valence-corrected chi connectivity index (χ4v) is 2.98. The van der Waals surface area contributed by atoms with Crippen LogP contribution in [0.25, 0.3) is 0 Å². The predicted octanol–water partition coefficient (Wildman–Crippen LogP) is 3.93. The van der Waals surface area contributed by atoms with Crippen molar-refractivity contribution in [2.24, 2.45) is 0 Å². The van der Waals surface area contributed by atoms with Gasteiger partial charge in [0.05, 0.1) is 17.7 Å². The average Bonchev–Trinajstić information content (AvgIpc) is 2.89. The van der Waals surface area contributed by atoms with Crippen molar-refractivity contribution in [3.8, 4) is 5.75 Å². The van der Waals surface area contributed by atoms with Crippen molar-refractivity contribution in [3.05, 3.63) is 89.5 Å². The van der Waals surface area contributed by atoms with E-state index in [1.165, 1.54) is 17.0 Å². The zero-order valence-corrected chi connectivity index (χ0v) is 13.8. The molecule has 128 valence electrons. The normalized spacial score (nSPS) is 13.0. The number of phenols is 1. The lowest BCUT2D eigenvalue weighted by molar-refractivity contribution is 0.0642. The molecule has 3 aromatic carbocycles. The molecule has 0 atom stereocenters. The summed E-state index contributed by atoms with van der Waals surface area (Å²) in [4.78, 5) is 26.5. The van der Waals surface area contributed by atoms with Crippen LogP contribution in [0.1, 0.15) is 26.3 Å². The van der Waals surface area contributed by atoms with E-state index in [4.69, 9.17) is 0 Å². The topological polar surface area (TPSA) is 69.6 Å². The molecule has 0 radical (unpaired) electrons. The molecule has 1 aliphatic rings. The standard InChI is InChI=1S/C21H16N2O3/c24-17-9-6-14(7-10-17)13-23-20(25)18-11-8-16(12-19(18)21(23)26)22-15-4-2-1-3-5-15/h1-12,22,24H,13H2. The number of amides is 2. The summed E-state index contributed by atoms with van der Waals surface area (Å²) in [5, 5.41) is 12.6. The number of carbonyl (C=O) groups is 2. The molecule has 0 fully saturated rings. The Bertz CT molecular complexity index is 982. The molecule has 2 N–H and O–H groups in total. The third kappa shape index (κ3) is 2.91. The van der Waals surface area contributed by atoms with Crippen LogP contribution in [0, 0.1) is 0 Å². The van der Waals surface area contributed by atoms with Crippen molar-refractivity contribution in [2.75, 3.05) is 5.32 Å². The quantitative estimate of drug-likeness (QED) is 0.704. The van der Waals surface area contributed by atoms with Gasteiger partial charge >= 0.3 is 0 Å². The number of hydrogen-bond acceptors (Lipinski definition) is 4. The Hall–Kier alpha value is -3.60. The maximum Gasteiger partial charge on any atom is 0.261 e. The third-order valence-corrected chi connectivity index (χ3v) is 4.31. The lowest BCUT2D eigenvalue weighted by atomic mass is 10.1. The Labute approximate surface area is 150 Å². The molecular formula is C21H16N2O3. The van der Waals surface area contributed by atoms with Crippen molar-refractivity contribution in [1.29, 1.82) is 0 Å². The van der Waals surface area contributed by atoms with Gasteiger partial charge in [0, 0.05) is 11.4 Å². The second-order valence-corrected chi connectivity index (χ2v) is 6.11. The number of phenolic OH excluding ortho intramolecular Hbond substituents is 1. The molecule has 0 bridgehead atoms. The van der Waals surface area contributed by atoms with Gasteiger partial charge in [0.2, 0.25) is 0 Å². The largest absolute Gasteiger partial charge is 0.508 e. The third-order valence-electron chi connectivity index (χ3n) is 4.31. The molecule has 0 saturated heterocycles. The SMILES string of the molecule is O=C1c2ccc(Nc3ccccc3)cc2C(=O)N1Cc1ccc(O)cc1. The van der Waals surface area contributed by atoms with Crippen molar-refractivity contribution >= 4 is 23.2 Å². The highest BCUT2D eigenvalue weighted by atomic mass is 16.3. The van der Waals surface area contributed by atoms with E-state index >= 15 is 0 Å². The molecule has 1 aliphatic heterocycles. The summed E-state index contributed by atoms with van der Waals surface area (Å²) < 4.78 is 0. The lowest BCUT2D eigenvalue weighted by Gasteiger charge is -2.13. The Morgan fingerprint density at radius 2 is 1.46 bits per heavy atom. The molecule has 2 amide bonds. The molecule has 0 unspecified atom stereocenters. The van der Waals surface area contributed by atoms with Crippen LogP contribution >= 0.6 is 0 Å². The van der Waals surface area contributed by atoms with Gasteiger partial charge in [-0.25, -0.2) is 0 Å². The first-order valence-corrected chi connectivity index (χ1v) is 8.22. The van der Waals surface area contributed by atoms with Crippen LogP contribution in [-0.2, 0) is 6.54 Å². The first kappa shape index (κ1) is 15.9. The maximum absolute atomic E-state index is 12.7. The van der Waals surface area contributed by atoms with Crippen LogP contribution in [0.3, 0.4) is 0 Å². The number of nitrogens with one attached hydrogen (secondary N) is 1. The Morgan fingerprint density at radius 3 is 2.19 bits per heavy atom. The van der Waals surface area contributed by atoms with Crippen LogP contribution in [0.5, 0.6) is 5.75 Å². The van der Waals surface area contributed by atoms with Crippen LogP contribution < -0.4 is 5.32 Å². The minimum Gasteiger partial charge on any atom is -0.508 e. The van der Waals surface area contributed by atoms with Gasteiger partial charge < -0.3 is 10.4 Å². The summed E-state index contributed by atoms with van der Waals surface area (Å²) in [5.41, 5.74) is 3.25. The molecule has 0 saturated carbocycles. The van der Waals surface area contributed by atoms with Gasteiger partial charge in [-0.3, -0.25) is 14.5 Å². The predicted molar refractivity (Wildman–Crippen MR) is 98.5 cm³/mol. The van der Waals surface area contributed by atoms with E-state index in [1.807, 2.05) is 30.3 Å². The second kappa shape index (κ2) is 6.37. The number of para-hydroxylation sites is 1. The highest BCUT2D eigenvalue weighted by molar-refractivity contribution is 6.21. The van der Waals surface area contributed by atoms with E-state index in [0.29, 0.717) is 11.1 Å². The molecule has 5 heteroatoms. The molecule has 0 spiro atoms. The molecule has 26 heavy (non-hydrogen) atoms. The van der Waals surface area contributed by atoms with Gasteiger partial charge in [0.25, 0.3) is 11.8 Å². The fourth-order valence-electron chi connectivity index (χ4n) is 2.98. The molecule has 5 nitrogen and oxygen atoms in total. The number of rotatable bonds is 4. The van der Waals surface area contributed by atoms with Crippen molar-refractivity contribution < 1.29 is 14.7 Å². The van der Waals surface area contributed by atoms with Gasteiger partial charge in [-0.15, -0.1) is 0 Å². The molecule has 3 aromatic rings. The van der Waals surface area contributed by atoms with Gasteiger partial charge in [0.15, 0.2) is 0 Å². The zero-order chi connectivity index (χ0) is 18.1. The summed E-state index contributed by atoms with van der Waals surface area (Å²) in [6.45, 7) is 0.175. The monoisotopic (exact) mass is 344 g/mol. The Morgan fingerprint density at radius 1 is 0.769 bits per heavy atom. The minimum absolute atomic E-state index is 0.146. The lowest BCUT2D eigenvalue weighted by Crippen LogP contribution is -2.29. The fraction of sp³-hybridized carbons (Fsp3) is 0.0476. The van der Waals surface area contributed by atoms with Crippen LogP contribution in [0.15, 0.2) is 72.8 Å². The van der Waals surface area contributed by atoms with Crippen LogP contribution in [-0.4, -0.2) is 21.8 Å². The Balaban J connectivity index is 1.58. The van der Waals surface area contributed by atoms with E-state index in [1.54, 1.807) is 30.3 Å². The van der Waals surface area contributed by atoms with E-state index in [2.05, 4.69) is 5.32 Å². The van der Waals surface area contributed by atoms with Gasteiger partial charge in [-0.2, -0.15) is 0 Å². The maximum atomic E-state index is 12.7. The molecule has 0 aliphatic carbocycles. The first-order valence-electron chi connectivity index (χ1n) is 8.22. The molecule has 4 rings (SSSR count). The number of anilines is 2. The minimum atomic E-state index is -0.310. The average molecular weight is 344 g/mol. The number of hydrogen-bond donors (Lipinski definition) is 2. The number of carbonyl (C=O) groups excluding carboxylic acids is 2. The summed E-state index contributed by atoms with van der Waals surface area (Å²) in [5.74, 6) is -0.466. The summed E-state index contributed by atoms with van der Waals surface area (Å²) in [7, 11) is 0. The van der Waals surface area contributed by atoms with Crippen molar-refractivity contribution in [2.45, 2.75) is 6.54 Å². The van der Waals surface area contributed by atoms with E-state index < -0.39 is 0 Å². The van der Waals surface area contributed by atoms with Gasteiger partial charge in [-0.05, 0) is 48.0 Å². The summed E-state index contributed by atoms with van der Waals surface area (Å²) in [6.07, 6.45) is 0. The van der Waals surface area contributed by atoms with Gasteiger partial charge in [-0.1, -0.05) is 30.3 Å². The molecular weight excluding hydrogens is 328 g/mol. The number of aromatic hydroxyl groups is 1. The second-order valence-electron chi connectivity index (χ2n) is 6.11. The molecule has 0 aromatic heterocycles. The smallest absolute Gasteiger partial charge is 0.261 e. The van der Waals surface area contributed by atoms with E-state index in [0.717, 1.165) is 16.9 Å². The van der Waals surface area contributed by atoms with E-state index in [-0.39, 0.29) is 24.1 Å². The summed E-state index contributed by atoms with van der Waals surface area (Å²) in [6, 6.07) is 21.3. The number of fused-ring (bicyclic) bond motifs is 1. The summed E-state index contributed by atoms with van der Waals surface area (Å²) >= 11 is 0. The molecule has 1 heterocycles. The number of nitrogens with zero attached hydrogens (tertiary/aromatic N) is 1. The number of imide groups is 1. The van der Waals surface area contributed by atoms with Crippen LogP contribution in [0.2, 0.25) is 0 Å². The van der Waals surface area contributed by atoms with Crippen LogP contribution in [0.4, 0.5) is 11.4 Å².